The second-order valence-corrected chi connectivity index (χ2v) is 6.27. The van der Waals surface area contributed by atoms with E-state index in [9.17, 15) is 19.2 Å². The molecule has 1 aliphatic heterocycles. The highest BCUT2D eigenvalue weighted by Gasteiger charge is 2.45. The standard InChI is InChI=1S/C17H21N3O6/c1-10(14(22)18-11-7-5-6-8-12(11)25-4)26-13(21)9-20-15(23)17(2,3)19-16(20)24/h5-8,10H,9H2,1-4H3,(H,18,22)(H,19,24). The van der Waals surface area contributed by atoms with E-state index in [0.717, 1.165) is 4.90 Å². The molecule has 0 aliphatic carbocycles. The van der Waals surface area contributed by atoms with Crippen LogP contribution in [0, 0.1) is 0 Å². The lowest BCUT2D eigenvalue weighted by molar-refractivity contribution is -0.155. The van der Waals surface area contributed by atoms with E-state index in [1.807, 2.05) is 0 Å². The molecule has 4 amide bonds. The Morgan fingerprint density at radius 3 is 2.50 bits per heavy atom. The van der Waals surface area contributed by atoms with Crippen LogP contribution >= 0.6 is 0 Å². The third kappa shape index (κ3) is 4.11. The fourth-order valence-electron chi connectivity index (χ4n) is 2.36. The van der Waals surface area contributed by atoms with E-state index in [-0.39, 0.29) is 0 Å². The van der Waals surface area contributed by atoms with Crippen LogP contribution in [-0.4, -0.2) is 54.0 Å². The molecule has 26 heavy (non-hydrogen) atoms. The number of carbonyl (C=O) groups excluding carboxylic acids is 4. The highest BCUT2D eigenvalue weighted by Crippen LogP contribution is 2.23. The van der Waals surface area contributed by atoms with Crippen LogP contribution in [0.5, 0.6) is 5.75 Å². The Bertz CT molecular complexity index is 746. The molecule has 140 valence electrons. The van der Waals surface area contributed by atoms with Gasteiger partial charge >= 0.3 is 12.0 Å². The number of benzene rings is 1. The summed E-state index contributed by atoms with van der Waals surface area (Å²) in [5, 5.41) is 5.05. The van der Waals surface area contributed by atoms with Crippen LogP contribution in [-0.2, 0) is 19.1 Å². The Morgan fingerprint density at radius 1 is 1.27 bits per heavy atom. The number of nitrogens with one attached hydrogen (secondary N) is 2. The highest BCUT2D eigenvalue weighted by atomic mass is 16.5. The Morgan fingerprint density at radius 2 is 1.92 bits per heavy atom. The quantitative estimate of drug-likeness (QED) is 0.573. The number of hydrogen-bond donors (Lipinski definition) is 2. The van der Waals surface area contributed by atoms with Gasteiger partial charge in [0.05, 0.1) is 12.8 Å². The van der Waals surface area contributed by atoms with E-state index in [1.165, 1.54) is 27.9 Å². The van der Waals surface area contributed by atoms with Crippen LogP contribution in [0.2, 0.25) is 0 Å². The van der Waals surface area contributed by atoms with Gasteiger partial charge in [0.2, 0.25) is 0 Å². The average Bonchev–Trinajstić information content (AvgIpc) is 2.77. The number of methoxy groups -OCH3 is 1. The Labute approximate surface area is 150 Å². The van der Waals surface area contributed by atoms with E-state index in [4.69, 9.17) is 9.47 Å². The number of nitrogens with zero attached hydrogens (tertiary/aromatic N) is 1. The van der Waals surface area contributed by atoms with Crippen molar-refractivity contribution in [1.82, 2.24) is 10.2 Å². The summed E-state index contributed by atoms with van der Waals surface area (Å²) < 4.78 is 10.1. The average molecular weight is 363 g/mol. The van der Waals surface area contributed by atoms with Gasteiger partial charge in [-0.2, -0.15) is 0 Å². The van der Waals surface area contributed by atoms with E-state index in [0.29, 0.717) is 11.4 Å². The molecular weight excluding hydrogens is 342 g/mol. The molecule has 1 aromatic carbocycles. The summed E-state index contributed by atoms with van der Waals surface area (Å²) >= 11 is 0. The normalized spacial score (nSPS) is 16.7. The summed E-state index contributed by atoms with van der Waals surface area (Å²) in [7, 11) is 1.47. The van der Waals surface area contributed by atoms with E-state index >= 15 is 0 Å². The second-order valence-electron chi connectivity index (χ2n) is 6.27. The summed E-state index contributed by atoms with van der Waals surface area (Å²) in [4.78, 5) is 48.7. The molecule has 2 rings (SSSR count). The zero-order valence-electron chi connectivity index (χ0n) is 15.0. The lowest BCUT2D eigenvalue weighted by atomic mass is 10.1. The summed E-state index contributed by atoms with van der Waals surface area (Å²) in [5.74, 6) is -1.51. The minimum absolute atomic E-state index is 0.429. The first-order valence-corrected chi connectivity index (χ1v) is 7.93. The molecular formula is C17H21N3O6. The molecule has 2 N–H and O–H groups in total. The Kier molecular flexibility index (Phi) is 5.49. The summed E-state index contributed by atoms with van der Waals surface area (Å²) in [6, 6.07) is 6.10. The van der Waals surface area contributed by atoms with Gasteiger partial charge in [0.15, 0.2) is 6.10 Å². The molecule has 1 heterocycles. The zero-order chi connectivity index (χ0) is 19.5. The van der Waals surface area contributed by atoms with Crippen LogP contribution in [0.3, 0.4) is 0 Å². The third-order valence-electron chi connectivity index (χ3n) is 3.77. The van der Waals surface area contributed by atoms with Crippen LogP contribution in [0.15, 0.2) is 24.3 Å². The number of amides is 4. The number of urea groups is 1. The van der Waals surface area contributed by atoms with Gasteiger partial charge in [0.1, 0.15) is 17.8 Å². The minimum Gasteiger partial charge on any atom is -0.495 e. The second kappa shape index (κ2) is 7.42. The van der Waals surface area contributed by atoms with Crippen LogP contribution < -0.4 is 15.4 Å². The molecule has 1 saturated heterocycles. The van der Waals surface area contributed by atoms with Crippen molar-refractivity contribution in [2.45, 2.75) is 32.4 Å². The molecule has 0 bridgehead atoms. The fourth-order valence-corrected chi connectivity index (χ4v) is 2.36. The zero-order valence-corrected chi connectivity index (χ0v) is 15.0. The molecule has 0 aromatic heterocycles. The lowest BCUT2D eigenvalue weighted by Crippen LogP contribution is -2.42. The number of imide groups is 1. The first-order valence-electron chi connectivity index (χ1n) is 7.93. The van der Waals surface area contributed by atoms with Gasteiger partial charge in [0, 0.05) is 0 Å². The first kappa shape index (κ1) is 19.2. The summed E-state index contributed by atoms with van der Waals surface area (Å²) in [6.07, 6.45) is -1.12. The van der Waals surface area contributed by atoms with Crippen molar-refractivity contribution in [1.29, 1.82) is 0 Å². The van der Waals surface area contributed by atoms with Crippen molar-refractivity contribution in [3.05, 3.63) is 24.3 Å². The van der Waals surface area contributed by atoms with E-state index in [1.54, 1.807) is 24.3 Å². The van der Waals surface area contributed by atoms with Crippen molar-refractivity contribution in [3.63, 3.8) is 0 Å². The van der Waals surface area contributed by atoms with Crippen molar-refractivity contribution in [3.8, 4) is 5.75 Å². The van der Waals surface area contributed by atoms with Gasteiger partial charge in [0.25, 0.3) is 11.8 Å². The van der Waals surface area contributed by atoms with Gasteiger partial charge in [-0.05, 0) is 32.9 Å². The number of carbonyl (C=O) groups is 4. The smallest absolute Gasteiger partial charge is 0.327 e. The number of para-hydroxylation sites is 2. The molecule has 1 aliphatic rings. The topological polar surface area (TPSA) is 114 Å². The van der Waals surface area contributed by atoms with Gasteiger partial charge in [-0.3, -0.25) is 19.3 Å². The number of esters is 1. The summed E-state index contributed by atoms with van der Waals surface area (Å²) in [6.45, 7) is 3.88. The molecule has 9 heteroatoms. The largest absolute Gasteiger partial charge is 0.495 e. The lowest BCUT2D eigenvalue weighted by Gasteiger charge is -2.18. The van der Waals surface area contributed by atoms with Crippen molar-refractivity contribution in [2.24, 2.45) is 0 Å². The summed E-state index contributed by atoms with van der Waals surface area (Å²) in [5.41, 5.74) is -0.650. The Hall–Kier alpha value is -3.10. The molecule has 1 atom stereocenters. The fraction of sp³-hybridized carbons (Fsp3) is 0.412. The van der Waals surface area contributed by atoms with Crippen LogP contribution in [0.25, 0.3) is 0 Å². The highest BCUT2D eigenvalue weighted by molar-refractivity contribution is 6.08. The molecule has 1 unspecified atom stereocenters. The van der Waals surface area contributed by atoms with Gasteiger partial charge < -0.3 is 20.1 Å². The van der Waals surface area contributed by atoms with Crippen molar-refractivity contribution < 1.29 is 28.7 Å². The Balaban J connectivity index is 1.93. The van der Waals surface area contributed by atoms with E-state index < -0.39 is 42.0 Å². The molecule has 0 radical (unpaired) electrons. The van der Waals surface area contributed by atoms with Crippen LogP contribution in [0.4, 0.5) is 10.5 Å². The van der Waals surface area contributed by atoms with E-state index in [2.05, 4.69) is 10.6 Å². The maximum Gasteiger partial charge on any atom is 0.327 e. The first-order chi connectivity index (χ1) is 12.2. The van der Waals surface area contributed by atoms with Crippen LogP contribution in [0.1, 0.15) is 20.8 Å². The van der Waals surface area contributed by atoms with Gasteiger partial charge in [-0.15, -0.1) is 0 Å². The minimum atomic E-state index is -1.12. The molecule has 0 spiro atoms. The van der Waals surface area contributed by atoms with Gasteiger partial charge in [-0.1, -0.05) is 12.1 Å². The number of anilines is 1. The molecule has 9 nitrogen and oxygen atoms in total. The van der Waals surface area contributed by atoms with Crippen molar-refractivity contribution in [2.75, 3.05) is 19.0 Å². The van der Waals surface area contributed by atoms with Gasteiger partial charge in [-0.25, -0.2) is 4.79 Å². The monoisotopic (exact) mass is 363 g/mol. The maximum atomic E-state index is 12.2. The number of rotatable bonds is 6. The molecule has 1 aromatic rings. The molecule has 1 fully saturated rings. The SMILES string of the molecule is COc1ccccc1NC(=O)C(C)OC(=O)CN1C(=O)NC(C)(C)C1=O. The predicted octanol–water partition coefficient (Wildman–Crippen LogP) is 0.896. The maximum absolute atomic E-state index is 12.2. The molecule has 0 saturated carbocycles. The number of ether oxygens (including phenoxy) is 2. The van der Waals surface area contributed by atoms with Crippen molar-refractivity contribution >= 4 is 29.5 Å². The number of hydrogen-bond acceptors (Lipinski definition) is 6. The predicted molar refractivity (Wildman–Crippen MR) is 91.5 cm³/mol. The third-order valence-corrected chi connectivity index (χ3v) is 3.77.